The number of hydrogen-bond acceptors (Lipinski definition) is 2. The van der Waals surface area contributed by atoms with Crippen LogP contribution in [0.15, 0.2) is 42.7 Å². The summed E-state index contributed by atoms with van der Waals surface area (Å²) in [6, 6.07) is 11.7. The molecule has 1 aromatic heterocycles. The highest BCUT2D eigenvalue weighted by Gasteiger charge is 2.17. The van der Waals surface area contributed by atoms with Gasteiger partial charge in [0.05, 0.1) is 11.9 Å². The van der Waals surface area contributed by atoms with Crippen molar-refractivity contribution in [3.63, 3.8) is 0 Å². The van der Waals surface area contributed by atoms with Crippen molar-refractivity contribution in [1.82, 2.24) is 15.1 Å². The maximum absolute atomic E-state index is 4.46. The molecule has 1 aliphatic heterocycles. The molecule has 1 fully saturated rings. The van der Waals surface area contributed by atoms with Crippen molar-refractivity contribution in [3.8, 4) is 5.69 Å². The fourth-order valence-corrected chi connectivity index (χ4v) is 3.02. The van der Waals surface area contributed by atoms with Crippen molar-refractivity contribution >= 4 is 0 Å². The lowest BCUT2D eigenvalue weighted by molar-refractivity contribution is 0.322. The van der Waals surface area contributed by atoms with Crippen LogP contribution >= 0.6 is 0 Å². The molecule has 0 amide bonds. The predicted molar refractivity (Wildman–Crippen MR) is 82.1 cm³/mol. The lowest BCUT2D eigenvalue weighted by Gasteiger charge is -2.28. The first-order valence-electron chi connectivity index (χ1n) is 7.66. The van der Waals surface area contributed by atoms with Crippen LogP contribution in [0, 0.1) is 0 Å². The van der Waals surface area contributed by atoms with Gasteiger partial charge in [-0.25, -0.2) is 4.68 Å². The highest BCUT2D eigenvalue weighted by atomic mass is 15.3. The van der Waals surface area contributed by atoms with Crippen molar-refractivity contribution < 1.29 is 0 Å². The highest BCUT2D eigenvalue weighted by Crippen LogP contribution is 2.17. The molecular formula is C17H23N3. The first kappa shape index (κ1) is 13.4. The number of nitrogens with one attached hydrogen (secondary N) is 1. The fraction of sp³-hybridized carbons (Fsp3) is 0.471. The summed E-state index contributed by atoms with van der Waals surface area (Å²) in [4.78, 5) is 0. The second-order valence-electron chi connectivity index (χ2n) is 5.86. The van der Waals surface area contributed by atoms with Gasteiger partial charge in [0.15, 0.2) is 0 Å². The van der Waals surface area contributed by atoms with Crippen molar-refractivity contribution in [3.05, 3.63) is 48.3 Å². The van der Waals surface area contributed by atoms with Gasteiger partial charge in [-0.2, -0.15) is 5.10 Å². The number of aryl methyl sites for hydroxylation is 1. The van der Waals surface area contributed by atoms with E-state index in [1.165, 1.54) is 31.2 Å². The first-order valence-corrected chi connectivity index (χ1v) is 7.66. The molecule has 1 aliphatic rings. The van der Waals surface area contributed by atoms with Crippen LogP contribution in [-0.2, 0) is 6.42 Å². The smallest absolute Gasteiger partial charge is 0.0645 e. The van der Waals surface area contributed by atoms with E-state index in [0.717, 1.165) is 12.1 Å². The molecule has 2 atom stereocenters. The Bertz CT molecular complexity index is 532. The van der Waals surface area contributed by atoms with E-state index in [4.69, 9.17) is 0 Å². The zero-order chi connectivity index (χ0) is 13.8. The molecule has 3 rings (SSSR count). The molecule has 106 valence electrons. The number of nitrogens with zero attached hydrogens (tertiary/aromatic N) is 2. The van der Waals surface area contributed by atoms with Crippen LogP contribution in [0.5, 0.6) is 0 Å². The third-order valence-electron chi connectivity index (χ3n) is 4.15. The van der Waals surface area contributed by atoms with Gasteiger partial charge >= 0.3 is 0 Å². The summed E-state index contributed by atoms with van der Waals surface area (Å²) in [5.74, 6) is 0. The second-order valence-corrected chi connectivity index (χ2v) is 5.86. The van der Waals surface area contributed by atoms with Gasteiger partial charge in [0.1, 0.15) is 0 Å². The van der Waals surface area contributed by atoms with Crippen LogP contribution in [0.2, 0.25) is 0 Å². The fourth-order valence-electron chi connectivity index (χ4n) is 3.02. The molecule has 1 saturated heterocycles. The summed E-state index contributed by atoms with van der Waals surface area (Å²) in [6.07, 6.45) is 10.5. The summed E-state index contributed by atoms with van der Waals surface area (Å²) in [5.41, 5.74) is 2.46. The summed E-state index contributed by atoms with van der Waals surface area (Å²) in [7, 11) is 0. The maximum atomic E-state index is 4.46. The van der Waals surface area contributed by atoms with E-state index >= 15 is 0 Å². The van der Waals surface area contributed by atoms with Gasteiger partial charge in [0.25, 0.3) is 0 Å². The minimum absolute atomic E-state index is 0.679. The minimum Gasteiger partial charge on any atom is -0.311 e. The number of rotatable bonds is 4. The number of benzene rings is 1. The average Bonchev–Trinajstić information content (AvgIpc) is 2.95. The Morgan fingerprint density at radius 1 is 1.25 bits per heavy atom. The molecule has 1 aromatic carbocycles. The largest absolute Gasteiger partial charge is 0.311 e. The number of para-hydroxylation sites is 1. The zero-order valence-electron chi connectivity index (χ0n) is 12.1. The Morgan fingerprint density at radius 3 is 2.90 bits per heavy atom. The first-order chi connectivity index (χ1) is 9.81. The van der Waals surface area contributed by atoms with Crippen molar-refractivity contribution in [2.75, 3.05) is 0 Å². The van der Waals surface area contributed by atoms with E-state index in [1.807, 2.05) is 29.1 Å². The molecule has 0 aliphatic carbocycles. The lowest BCUT2D eigenvalue weighted by Crippen LogP contribution is -2.40. The quantitative estimate of drug-likeness (QED) is 0.922. The maximum Gasteiger partial charge on any atom is 0.0645 e. The number of aromatic nitrogens is 2. The van der Waals surface area contributed by atoms with Crippen molar-refractivity contribution in [2.45, 2.75) is 51.1 Å². The zero-order valence-corrected chi connectivity index (χ0v) is 12.1. The highest BCUT2D eigenvalue weighted by molar-refractivity contribution is 5.30. The molecule has 3 nitrogen and oxygen atoms in total. The van der Waals surface area contributed by atoms with E-state index in [-0.39, 0.29) is 0 Å². The Kier molecular flexibility index (Phi) is 4.16. The van der Waals surface area contributed by atoms with E-state index < -0.39 is 0 Å². The van der Waals surface area contributed by atoms with Gasteiger partial charge < -0.3 is 5.32 Å². The van der Waals surface area contributed by atoms with Gasteiger partial charge in [0, 0.05) is 18.3 Å². The van der Waals surface area contributed by atoms with Crippen LogP contribution in [0.25, 0.3) is 5.69 Å². The Morgan fingerprint density at radius 2 is 2.10 bits per heavy atom. The van der Waals surface area contributed by atoms with Gasteiger partial charge in [-0.3, -0.25) is 0 Å². The topological polar surface area (TPSA) is 29.9 Å². The monoisotopic (exact) mass is 269 g/mol. The van der Waals surface area contributed by atoms with E-state index in [0.29, 0.717) is 12.1 Å². The molecule has 3 heteroatoms. The summed E-state index contributed by atoms with van der Waals surface area (Å²) < 4.78 is 1.96. The molecule has 0 saturated carbocycles. The molecule has 2 unspecified atom stereocenters. The standard InChI is InChI=1S/C17H23N3/c1-14-6-5-7-16(19-14)11-10-15-12-18-20(13-15)17-8-3-2-4-9-17/h2-4,8-9,12-14,16,19H,5-7,10-11H2,1H3. The molecule has 20 heavy (non-hydrogen) atoms. The Labute approximate surface area is 121 Å². The molecule has 0 spiro atoms. The Hall–Kier alpha value is -1.61. The van der Waals surface area contributed by atoms with Crippen LogP contribution in [0.3, 0.4) is 0 Å². The van der Waals surface area contributed by atoms with Gasteiger partial charge in [-0.1, -0.05) is 24.6 Å². The molecule has 2 aromatic rings. The van der Waals surface area contributed by atoms with Gasteiger partial charge in [-0.05, 0) is 50.3 Å². The summed E-state index contributed by atoms with van der Waals surface area (Å²) in [5, 5.41) is 8.16. The van der Waals surface area contributed by atoms with E-state index in [9.17, 15) is 0 Å². The summed E-state index contributed by atoms with van der Waals surface area (Å²) >= 11 is 0. The average molecular weight is 269 g/mol. The second kappa shape index (κ2) is 6.23. The van der Waals surface area contributed by atoms with Crippen LogP contribution < -0.4 is 5.32 Å². The van der Waals surface area contributed by atoms with Crippen molar-refractivity contribution in [2.24, 2.45) is 0 Å². The normalized spacial score (nSPS) is 22.9. The van der Waals surface area contributed by atoms with Gasteiger partial charge in [0.2, 0.25) is 0 Å². The molecule has 0 bridgehead atoms. The lowest BCUT2D eigenvalue weighted by atomic mass is 9.95. The molecule has 2 heterocycles. The van der Waals surface area contributed by atoms with E-state index in [2.05, 4.69) is 35.7 Å². The number of hydrogen-bond donors (Lipinski definition) is 1. The van der Waals surface area contributed by atoms with Crippen molar-refractivity contribution in [1.29, 1.82) is 0 Å². The van der Waals surface area contributed by atoms with Gasteiger partial charge in [-0.15, -0.1) is 0 Å². The summed E-state index contributed by atoms with van der Waals surface area (Å²) in [6.45, 7) is 2.29. The minimum atomic E-state index is 0.679. The van der Waals surface area contributed by atoms with Crippen LogP contribution in [-0.4, -0.2) is 21.9 Å². The number of piperidine rings is 1. The van der Waals surface area contributed by atoms with Crippen LogP contribution in [0.4, 0.5) is 0 Å². The van der Waals surface area contributed by atoms with E-state index in [1.54, 1.807) is 0 Å². The Balaban J connectivity index is 1.58. The predicted octanol–water partition coefficient (Wildman–Crippen LogP) is 3.34. The molecule has 0 radical (unpaired) electrons. The molecule has 1 N–H and O–H groups in total. The third kappa shape index (κ3) is 3.28. The third-order valence-corrected chi connectivity index (χ3v) is 4.15. The van der Waals surface area contributed by atoms with Crippen LogP contribution in [0.1, 0.15) is 38.2 Å². The SMILES string of the molecule is CC1CCCC(CCc2cnn(-c3ccccc3)c2)N1. The molecular weight excluding hydrogens is 246 g/mol.